The molecular weight excluding hydrogens is 618 g/mol. The van der Waals surface area contributed by atoms with Crippen LogP contribution in [-0.4, -0.2) is 89.2 Å². The van der Waals surface area contributed by atoms with E-state index in [9.17, 15) is 23.5 Å². The van der Waals surface area contributed by atoms with Gasteiger partial charge in [-0.3, -0.25) is 19.5 Å². The van der Waals surface area contributed by atoms with E-state index >= 15 is 8.78 Å². The van der Waals surface area contributed by atoms with Gasteiger partial charge in [-0.15, -0.1) is 11.3 Å². The number of methoxy groups -OCH3 is 1. The zero-order valence-corrected chi connectivity index (χ0v) is 24.8. The number of halogens is 5. The molecule has 3 aliphatic rings. The molecule has 0 aliphatic carbocycles. The van der Waals surface area contributed by atoms with Crippen molar-refractivity contribution < 1.29 is 41.8 Å². The minimum absolute atomic E-state index is 0.0319. The molecule has 43 heavy (non-hydrogen) atoms. The molecule has 0 amide bonds. The van der Waals surface area contributed by atoms with E-state index in [-0.39, 0.29) is 48.8 Å². The standard InChI is InChI=1S/C27H28ClF4N5O5S/c1-26(2,25(39)40)6-8-37-21-16(11-42-37)36(12-27(21,31)32)10-15-17(24(38)41-3)20(13-4-5-14(29)19(30)18(13)28)35-22(34-15)23-33-7-9-43-23/h4-5,7,9,16,20-21H,6,8,10-12H2,1-3H3,(H,34,35)(H,39,40)/t16-,20?,21+/m0/s1. The Balaban J connectivity index is 1.51. The van der Waals surface area contributed by atoms with Crippen molar-refractivity contribution >= 4 is 40.7 Å². The number of carboxylic acids is 1. The van der Waals surface area contributed by atoms with Gasteiger partial charge in [-0.25, -0.2) is 27.3 Å². The first-order chi connectivity index (χ1) is 20.2. The number of nitrogens with zero attached hydrogens (tertiary/aromatic N) is 4. The third-order valence-electron chi connectivity index (χ3n) is 7.82. The number of esters is 1. The minimum atomic E-state index is -3.25. The number of likely N-dealkylation sites (tertiary alicyclic amines) is 1. The third-order valence-corrected chi connectivity index (χ3v) is 8.99. The maximum atomic E-state index is 15.5. The van der Waals surface area contributed by atoms with E-state index in [1.165, 1.54) is 42.3 Å². The molecule has 4 heterocycles. The highest BCUT2D eigenvalue weighted by molar-refractivity contribution is 7.11. The Hall–Kier alpha value is -3.11. The summed E-state index contributed by atoms with van der Waals surface area (Å²) in [4.78, 5) is 40.6. The van der Waals surface area contributed by atoms with Crippen LogP contribution in [0.4, 0.5) is 17.6 Å². The van der Waals surface area contributed by atoms with Gasteiger partial charge in [0.1, 0.15) is 12.1 Å². The van der Waals surface area contributed by atoms with Gasteiger partial charge in [0.15, 0.2) is 22.5 Å². The molecule has 2 saturated heterocycles. The van der Waals surface area contributed by atoms with Crippen molar-refractivity contribution in [3.8, 4) is 0 Å². The number of rotatable bonds is 9. The zero-order chi connectivity index (χ0) is 31.3. The lowest BCUT2D eigenvalue weighted by Gasteiger charge is -2.30. The highest BCUT2D eigenvalue weighted by Crippen LogP contribution is 2.43. The number of carbonyl (C=O) groups excluding carboxylic acids is 1. The molecule has 1 aromatic heterocycles. The Kier molecular flexibility index (Phi) is 8.57. The van der Waals surface area contributed by atoms with Crippen molar-refractivity contribution in [1.29, 1.82) is 0 Å². The molecule has 232 valence electrons. The number of aliphatic carboxylic acids is 1. The van der Waals surface area contributed by atoms with E-state index in [2.05, 4.69) is 15.3 Å². The maximum Gasteiger partial charge on any atom is 0.338 e. The number of alkyl halides is 2. The molecular formula is C27H28ClF4N5O5S. The van der Waals surface area contributed by atoms with Gasteiger partial charge in [0.2, 0.25) is 0 Å². The largest absolute Gasteiger partial charge is 0.481 e. The van der Waals surface area contributed by atoms with Crippen LogP contribution in [0.3, 0.4) is 0 Å². The monoisotopic (exact) mass is 645 g/mol. The number of carboxylic acid groups (broad SMARTS) is 1. The van der Waals surface area contributed by atoms with Crippen molar-refractivity contribution in [2.75, 3.05) is 33.4 Å². The maximum absolute atomic E-state index is 15.5. The van der Waals surface area contributed by atoms with Crippen LogP contribution >= 0.6 is 22.9 Å². The zero-order valence-electron chi connectivity index (χ0n) is 23.2. The Morgan fingerprint density at radius 1 is 1.33 bits per heavy atom. The van der Waals surface area contributed by atoms with Gasteiger partial charge in [0.05, 0.1) is 42.3 Å². The van der Waals surface area contributed by atoms with Crippen molar-refractivity contribution in [3.63, 3.8) is 0 Å². The Morgan fingerprint density at radius 3 is 2.72 bits per heavy atom. The fraction of sp³-hybridized carbons (Fsp3) is 0.481. The van der Waals surface area contributed by atoms with Crippen LogP contribution in [0, 0.1) is 17.0 Å². The van der Waals surface area contributed by atoms with Gasteiger partial charge < -0.3 is 15.2 Å². The van der Waals surface area contributed by atoms with Crippen molar-refractivity contribution in [1.82, 2.24) is 20.3 Å². The normalized spacial score (nSPS) is 24.1. The summed E-state index contributed by atoms with van der Waals surface area (Å²) in [6, 6.07) is -1.41. The molecule has 0 radical (unpaired) electrons. The lowest BCUT2D eigenvalue weighted by Crippen LogP contribution is -2.46. The molecule has 1 aromatic carbocycles. The van der Waals surface area contributed by atoms with Crippen LogP contribution in [0.2, 0.25) is 5.02 Å². The minimum Gasteiger partial charge on any atom is -0.481 e. The summed E-state index contributed by atoms with van der Waals surface area (Å²) >= 11 is 7.39. The Morgan fingerprint density at radius 2 is 2.07 bits per heavy atom. The number of hydrogen-bond acceptors (Lipinski definition) is 10. The third kappa shape index (κ3) is 5.88. The van der Waals surface area contributed by atoms with Gasteiger partial charge in [0, 0.05) is 35.9 Å². The molecule has 3 atom stereocenters. The van der Waals surface area contributed by atoms with Crippen LogP contribution in [-0.2, 0) is 19.2 Å². The molecule has 3 aliphatic heterocycles. The first kappa shape index (κ1) is 31.3. The fourth-order valence-electron chi connectivity index (χ4n) is 5.39. The molecule has 0 bridgehead atoms. The van der Waals surface area contributed by atoms with E-state index in [0.29, 0.717) is 5.01 Å². The predicted molar refractivity (Wildman–Crippen MR) is 148 cm³/mol. The predicted octanol–water partition coefficient (Wildman–Crippen LogP) is 4.03. The van der Waals surface area contributed by atoms with Gasteiger partial charge in [-0.05, 0) is 26.3 Å². The number of hydroxylamine groups is 2. The summed E-state index contributed by atoms with van der Waals surface area (Å²) in [6.45, 7) is 1.98. The number of ether oxygens (including phenoxy) is 1. The van der Waals surface area contributed by atoms with Crippen LogP contribution in [0.15, 0.2) is 40.0 Å². The van der Waals surface area contributed by atoms with Crippen molar-refractivity contribution in [2.45, 2.75) is 44.3 Å². The molecule has 1 unspecified atom stereocenters. The van der Waals surface area contributed by atoms with E-state index in [0.717, 1.165) is 18.2 Å². The number of fused-ring (bicyclic) bond motifs is 1. The summed E-state index contributed by atoms with van der Waals surface area (Å²) in [5, 5.41) is 15.1. The fourth-order valence-corrected chi connectivity index (χ4v) is 6.23. The quantitative estimate of drug-likeness (QED) is 0.237. The molecule has 2 aromatic rings. The topological polar surface area (TPSA) is 117 Å². The summed E-state index contributed by atoms with van der Waals surface area (Å²) in [5.41, 5.74) is -1.17. The number of nitrogens with one attached hydrogen (secondary N) is 1. The number of thiazole rings is 1. The number of benzene rings is 1. The number of carbonyl (C=O) groups is 2. The molecule has 2 fully saturated rings. The second kappa shape index (κ2) is 11.8. The first-order valence-corrected chi connectivity index (χ1v) is 14.4. The summed E-state index contributed by atoms with van der Waals surface area (Å²) < 4.78 is 64.5. The highest BCUT2D eigenvalue weighted by atomic mass is 35.5. The number of amidine groups is 1. The molecule has 10 nitrogen and oxygen atoms in total. The second-order valence-corrected chi connectivity index (χ2v) is 12.3. The number of hydrogen-bond donors (Lipinski definition) is 2. The average molecular weight is 646 g/mol. The number of aliphatic imine (C=N–C) groups is 1. The SMILES string of the molecule is COC(=O)C1=C(CN2CC(F)(F)[C@H]3[C@@H]2CON3CCC(C)(C)C(=O)O)NC(c2nccs2)=NC1c1ccc(F)c(F)c1Cl. The summed E-state index contributed by atoms with van der Waals surface area (Å²) in [6.07, 6.45) is 1.59. The first-order valence-electron chi connectivity index (χ1n) is 13.2. The van der Waals surface area contributed by atoms with E-state index in [1.807, 2.05) is 0 Å². The van der Waals surface area contributed by atoms with Crippen LogP contribution in [0.1, 0.15) is 36.9 Å². The van der Waals surface area contributed by atoms with Crippen LogP contribution in [0.5, 0.6) is 0 Å². The van der Waals surface area contributed by atoms with Gasteiger partial charge in [-0.2, -0.15) is 5.06 Å². The second-order valence-electron chi connectivity index (χ2n) is 11.0. The van der Waals surface area contributed by atoms with Gasteiger partial charge >= 0.3 is 11.9 Å². The smallest absolute Gasteiger partial charge is 0.338 e. The lowest BCUT2D eigenvalue weighted by molar-refractivity contribution is -0.186. The summed E-state index contributed by atoms with van der Waals surface area (Å²) in [7, 11) is 1.12. The Bertz CT molecular complexity index is 1490. The molecule has 2 N–H and O–H groups in total. The molecule has 5 rings (SSSR count). The summed E-state index contributed by atoms with van der Waals surface area (Å²) in [5.74, 6) is -7.53. The molecule has 16 heteroatoms. The molecule has 0 spiro atoms. The average Bonchev–Trinajstić information content (AvgIpc) is 3.69. The molecule has 0 saturated carbocycles. The van der Waals surface area contributed by atoms with Crippen LogP contribution in [0.25, 0.3) is 0 Å². The van der Waals surface area contributed by atoms with E-state index < -0.39 is 64.6 Å². The Labute approximate surface area is 252 Å². The van der Waals surface area contributed by atoms with E-state index in [1.54, 1.807) is 5.38 Å². The number of aromatic nitrogens is 1. The van der Waals surface area contributed by atoms with E-state index in [4.69, 9.17) is 21.2 Å². The lowest BCUT2D eigenvalue weighted by atomic mass is 9.89. The van der Waals surface area contributed by atoms with Crippen molar-refractivity contribution in [3.05, 3.63) is 62.2 Å². The van der Waals surface area contributed by atoms with Crippen LogP contribution < -0.4 is 5.32 Å². The van der Waals surface area contributed by atoms with Gasteiger partial charge in [-0.1, -0.05) is 17.7 Å². The highest BCUT2D eigenvalue weighted by Gasteiger charge is 2.61. The van der Waals surface area contributed by atoms with Gasteiger partial charge in [0.25, 0.3) is 5.92 Å². The van der Waals surface area contributed by atoms with Crippen molar-refractivity contribution in [2.24, 2.45) is 10.4 Å².